The molecule has 102 valence electrons. The smallest absolute Gasteiger partial charge is 0.269 e. The zero-order chi connectivity index (χ0) is 13.5. The number of carbonyl (C=O) groups is 1. The maximum absolute atomic E-state index is 11.8. The van der Waals surface area contributed by atoms with Gasteiger partial charge in [0.2, 0.25) is 0 Å². The topological polar surface area (TPSA) is 50.7 Å². The van der Waals surface area contributed by atoms with Crippen molar-refractivity contribution in [3.8, 4) is 0 Å². The van der Waals surface area contributed by atoms with Gasteiger partial charge >= 0.3 is 0 Å². The molecule has 1 aliphatic heterocycles. The number of hydrogen-bond acceptors (Lipinski definition) is 3. The van der Waals surface area contributed by atoms with Crippen molar-refractivity contribution < 1.29 is 9.53 Å². The summed E-state index contributed by atoms with van der Waals surface area (Å²) in [4.78, 5) is 11.8. The number of hydrazone groups is 1. The van der Waals surface area contributed by atoms with Crippen LogP contribution in [0.4, 0.5) is 0 Å². The third-order valence-corrected chi connectivity index (χ3v) is 3.12. The highest BCUT2D eigenvalue weighted by Gasteiger charge is 2.23. The minimum Gasteiger partial charge on any atom is -0.368 e. The quantitative estimate of drug-likeness (QED) is 0.653. The first-order valence-electron chi connectivity index (χ1n) is 6.84. The summed E-state index contributed by atoms with van der Waals surface area (Å²) in [5.74, 6) is -0.137. The number of carbonyl (C=O) groups excluding carboxylic acids is 1. The molecule has 0 aromatic heterocycles. The van der Waals surface area contributed by atoms with Crippen LogP contribution in [0.5, 0.6) is 0 Å². The van der Waals surface area contributed by atoms with E-state index in [-0.39, 0.29) is 12.0 Å². The minimum absolute atomic E-state index is 0.137. The molecule has 0 saturated carbocycles. The van der Waals surface area contributed by atoms with Gasteiger partial charge in [-0.05, 0) is 24.8 Å². The van der Waals surface area contributed by atoms with Gasteiger partial charge in [-0.3, -0.25) is 4.79 Å². The molecule has 1 amide bonds. The van der Waals surface area contributed by atoms with Crippen LogP contribution in [0.2, 0.25) is 0 Å². The number of nitrogens with one attached hydrogen (secondary N) is 1. The lowest BCUT2D eigenvalue weighted by molar-refractivity contribution is -0.130. The van der Waals surface area contributed by atoms with Gasteiger partial charge in [0.05, 0.1) is 5.71 Å². The zero-order valence-electron chi connectivity index (χ0n) is 11.3. The zero-order valence-corrected chi connectivity index (χ0v) is 11.3. The Morgan fingerprint density at radius 3 is 2.84 bits per heavy atom. The second kappa shape index (κ2) is 7.04. The first-order chi connectivity index (χ1) is 9.31. The molecule has 2 rings (SSSR count). The van der Waals surface area contributed by atoms with E-state index in [0.29, 0.717) is 6.61 Å². The summed E-state index contributed by atoms with van der Waals surface area (Å²) in [6.07, 6.45) is 3.24. The van der Waals surface area contributed by atoms with Crippen molar-refractivity contribution in [2.24, 2.45) is 5.10 Å². The fourth-order valence-electron chi connectivity index (χ4n) is 2.11. The van der Waals surface area contributed by atoms with Gasteiger partial charge in [-0.25, -0.2) is 5.43 Å². The molecule has 1 atom stereocenters. The number of amides is 1. The Kier molecular flexibility index (Phi) is 5.10. The first-order valence-corrected chi connectivity index (χ1v) is 6.84. The van der Waals surface area contributed by atoms with Crippen molar-refractivity contribution in [1.82, 2.24) is 5.43 Å². The standard InChI is InChI=1S/C15H20N2O2/c1-2-7-13(12-8-4-3-5-9-12)16-17-15(18)14-10-6-11-19-14/h3-5,8-9,14H,2,6-7,10-11H2,1H3,(H,17,18)/b16-13-. The van der Waals surface area contributed by atoms with E-state index >= 15 is 0 Å². The Morgan fingerprint density at radius 1 is 1.42 bits per heavy atom. The summed E-state index contributed by atoms with van der Waals surface area (Å²) < 4.78 is 5.33. The summed E-state index contributed by atoms with van der Waals surface area (Å²) in [6.45, 7) is 2.77. The highest BCUT2D eigenvalue weighted by Crippen LogP contribution is 2.12. The van der Waals surface area contributed by atoms with Crippen molar-refractivity contribution in [1.29, 1.82) is 0 Å². The van der Waals surface area contributed by atoms with Crippen LogP contribution < -0.4 is 5.43 Å². The van der Waals surface area contributed by atoms with Gasteiger partial charge in [0.1, 0.15) is 6.10 Å². The van der Waals surface area contributed by atoms with E-state index in [1.54, 1.807) is 0 Å². The molecule has 1 aromatic rings. The van der Waals surface area contributed by atoms with Crippen LogP contribution in [0.25, 0.3) is 0 Å². The van der Waals surface area contributed by atoms with Crippen molar-refractivity contribution in [2.45, 2.75) is 38.7 Å². The predicted octanol–water partition coefficient (Wildman–Crippen LogP) is 2.49. The van der Waals surface area contributed by atoms with Gasteiger partial charge in [-0.1, -0.05) is 43.7 Å². The lowest BCUT2D eigenvalue weighted by Crippen LogP contribution is -2.31. The summed E-state index contributed by atoms with van der Waals surface area (Å²) in [5, 5.41) is 4.27. The third kappa shape index (κ3) is 3.89. The summed E-state index contributed by atoms with van der Waals surface area (Å²) in [6, 6.07) is 9.93. The van der Waals surface area contributed by atoms with Gasteiger partial charge in [0, 0.05) is 6.61 Å². The molecule has 0 bridgehead atoms. The maximum Gasteiger partial charge on any atom is 0.269 e. The summed E-state index contributed by atoms with van der Waals surface area (Å²) in [7, 11) is 0. The van der Waals surface area contributed by atoms with E-state index in [0.717, 1.165) is 37.0 Å². The van der Waals surface area contributed by atoms with E-state index in [1.165, 1.54) is 0 Å². The van der Waals surface area contributed by atoms with Gasteiger partial charge < -0.3 is 4.74 Å². The molecule has 0 aliphatic carbocycles. The van der Waals surface area contributed by atoms with E-state index in [1.807, 2.05) is 30.3 Å². The number of nitrogens with zero attached hydrogens (tertiary/aromatic N) is 1. The van der Waals surface area contributed by atoms with Crippen LogP contribution >= 0.6 is 0 Å². The molecule has 1 saturated heterocycles. The molecular weight excluding hydrogens is 240 g/mol. The highest BCUT2D eigenvalue weighted by atomic mass is 16.5. The summed E-state index contributed by atoms with van der Waals surface area (Å²) in [5.41, 5.74) is 4.60. The number of ether oxygens (including phenoxy) is 1. The Bertz CT molecular complexity index is 437. The lowest BCUT2D eigenvalue weighted by atomic mass is 10.1. The highest BCUT2D eigenvalue weighted by molar-refractivity contribution is 6.01. The van der Waals surface area contributed by atoms with E-state index < -0.39 is 0 Å². The molecule has 1 fully saturated rings. The SMILES string of the molecule is CCC/C(=N/NC(=O)C1CCCO1)c1ccccc1. The van der Waals surface area contributed by atoms with Gasteiger partial charge in [-0.2, -0.15) is 5.10 Å². The van der Waals surface area contributed by atoms with Crippen molar-refractivity contribution >= 4 is 11.6 Å². The number of hydrogen-bond donors (Lipinski definition) is 1. The normalized spacial score (nSPS) is 19.4. The molecule has 1 heterocycles. The fraction of sp³-hybridized carbons (Fsp3) is 0.467. The van der Waals surface area contributed by atoms with Crippen LogP contribution in [0.15, 0.2) is 35.4 Å². The Hall–Kier alpha value is -1.68. The van der Waals surface area contributed by atoms with Crippen LogP contribution in [0, 0.1) is 0 Å². The maximum atomic E-state index is 11.8. The largest absolute Gasteiger partial charge is 0.368 e. The van der Waals surface area contributed by atoms with Crippen LogP contribution in [-0.2, 0) is 9.53 Å². The molecule has 0 radical (unpaired) electrons. The molecule has 4 nitrogen and oxygen atoms in total. The monoisotopic (exact) mass is 260 g/mol. The molecule has 1 unspecified atom stereocenters. The number of benzene rings is 1. The fourth-order valence-corrected chi connectivity index (χ4v) is 2.11. The second-order valence-corrected chi connectivity index (χ2v) is 4.65. The van der Waals surface area contributed by atoms with Crippen molar-refractivity contribution in [3.05, 3.63) is 35.9 Å². The average molecular weight is 260 g/mol. The molecule has 1 N–H and O–H groups in total. The number of rotatable bonds is 5. The minimum atomic E-state index is -0.331. The Morgan fingerprint density at radius 2 is 2.21 bits per heavy atom. The van der Waals surface area contributed by atoms with E-state index in [2.05, 4.69) is 17.5 Å². The molecule has 1 aliphatic rings. The van der Waals surface area contributed by atoms with Crippen molar-refractivity contribution in [3.63, 3.8) is 0 Å². The van der Waals surface area contributed by atoms with Crippen molar-refractivity contribution in [2.75, 3.05) is 6.61 Å². The van der Waals surface area contributed by atoms with Gasteiger partial charge in [0.25, 0.3) is 5.91 Å². The Balaban J connectivity index is 2.02. The van der Waals surface area contributed by atoms with Gasteiger partial charge in [-0.15, -0.1) is 0 Å². The molecule has 1 aromatic carbocycles. The van der Waals surface area contributed by atoms with Crippen LogP contribution in [-0.4, -0.2) is 24.3 Å². The Labute approximate surface area is 113 Å². The summed E-state index contributed by atoms with van der Waals surface area (Å²) >= 11 is 0. The van der Waals surface area contributed by atoms with Crippen LogP contribution in [0.3, 0.4) is 0 Å². The second-order valence-electron chi connectivity index (χ2n) is 4.65. The molecular formula is C15H20N2O2. The first kappa shape index (κ1) is 13.7. The van der Waals surface area contributed by atoms with E-state index in [9.17, 15) is 4.79 Å². The molecule has 4 heteroatoms. The van der Waals surface area contributed by atoms with Crippen LogP contribution in [0.1, 0.15) is 38.2 Å². The third-order valence-electron chi connectivity index (χ3n) is 3.12. The van der Waals surface area contributed by atoms with Gasteiger partial charge in [0.15, 0.2) is 0 Å². The molecule has 0 spiro atoms. The average Bonchev–Trinajstić information content (AvgIpc) is 2.98. The predicted molar refractivity (Wildman–Crippen MR) is 75.0 cm³/mol. The lowest BCUT2D eigenvalue weighted by Gasteiger charge is -2.09. The molecule has 19 heavy (non-hydrogen) atoms. The van der Waals surface area contributed by atoms with E-state index in [4.69, 9.17) is 4.74 Å².